The molecule has 0 saturated heterocycles. The zero-order chi connectivity index (χ0) is 14.6. The fourth-order valence-electron chi connectivity index (χ4n) is 1.42. The van der Waals surface area contributed by atoms with Crippen LogP contribution in [-0.4, -0.2) is 19.9 Å². The van der Waals surface area contributed by atoms with Gasteiger partial charge in [-0.2, -0.15) is 0 Å². The van der Waals surface area contributed by atoms with Crippen LogP contribution in [0.4, 0.5) is 5.69 Å². The highest BCUT2D eigenvalue weighted by atomic mass is 35.7. The maximum atomic E-state index is 11.5. The van der Waals surface area contributed by atoms with Crippen LogP contribution < -0.4 is 4.74 Å². The first-order valence-corrected chi connectivity index (χ1v) is 7.56. The second-order valence-corrected chi connectivity index (χ2v) is 6.20. The summed E-state index contributed by atoms with van der Waals surface area (Å²) in [6.07, 6.45) is 3.40. The number of nitro benzene ring substituents is 1. The molecule has 0 radical (unpaired) electrons. The summed E-state index contributed by atoms with van der Waals surface area (Å²) >= 11 is 0. The van der Waals surface area contributed by atoms with Gasteiger partial charge in [-0.05, 0) is 19.4 Å². The molecule has 1 rings (SSSR count). The van der Waals surface area contributed by atoms with Crippen molar-refractivity contribution in [1.82, 2.24) is 0 Å². The number of non-ortho nitro benzene ring substituents is 1. The predicted octanol–water partition coefficient (Wildman–Crippen LogP) is 2.79. The van der Waals surface area contributed by atoms with Gasteiger partial charge in [0, 0.05) is 22.8 Å². The molecule has 0 fully saturated rings. The second-order valence-electron chi connectivity index (χ2n) is 3.66. The smallest absolute Gasteiger partial charge is 0.271 e. The Balaban J connectivity index is 3.40. The molecule has 0 heterocycles. The first-order chi connectivity index (χ1) is 8.77. The average Bonchev–Trinajstić information content (AvgIpc) is 2.29. The first-order valence-electron chi connectivity index (χ1n) is 5.25. The van der Waals surface area contributed by atoms with Gasteiger partial charge in [0.1, 0.15) is 17.3 Å². The largest absolute Gasteiger partial charge is 0.488 e. The van der Waals surface area contributed by atoms with Crippen LogP contribution in [0.3, 0.4) is 0 Å². The van der Waals surface area contributed by atoms with E-state index in [4.69, 9.17) is 15.4 Å². The van der Waals surface area contributed by atoms with Gasteiger partial charge < -0.3 is 4.74 Å². The van der Waals surface area contributed by atoms with Crippen molar-refractivity contribution >= 4 is 25.4 Å². The van der Waals surface area contributed by atoms with Gasteiger partial charge in [-0.1, -0.05) is 12.2 Å². The fourth-order valence-corrected chi connectivity index (χ4v) is 2.47. The summed E-state index contributed by atoms with van der Waals surface area (Å²) in [6, 6.07) is 2.12. The topological polar surface area (TPSA) is 86.5 Å². The van der Waals surface area contributed by atoms with Crippen molar-refractivity contribution in [3.63, 3.8) is 0 Å². The highest BCUT2D eigenvalue weighted by Crippen LogP contribution is 2.34. The molecule has 104 valence electrons. The van der Waals surface area contributed by atoms with Gasteiger partial charge in [0.05, 0.1) is 4.92 Å². The monoisotopic (exact) mass is 305 g/mol. The van der Waals surface area contributed by atoms with Crippen molar-refractivity contribution < 1.29 is 18.1 Å². The van der Waals surface area contributed by atoms with Crippen LogP contribution in [-0.2, 0) is 9.05 Å². The molecular weight excluding hydrogens is 294 g/mol. The zero-order valence-corrected chi connectivity index (χ0v) is 11.9. The van der Waals surface area contributed by atoms with E-state index in [-0.39, 0.29) is 18.0 Å². The third-order valence-corrected chi connectivity index (χ3v) is 3.59. The lowest BCUT2D eigenvalue weighted by Crippen LogP contribution is -2.03. The molecule has 19 heavy (non-hydrogen) atoms. The van der Waals surface area contributed by atoms with Crippen molar-refractivity contribution in [2.24, 2.45) is 0 Å². The number of ether oxygens (including phenoxy) is 1. The Morgan fingerprint density at radius 1 is 1.47 bits per heavy atom. The van der Waals surface area contributed by atoms with E-state index in [1.165, 1.54) is 13.0 Å². The molecule has 0 bridgehead atoms. The minimum absolute atomic E-state index is 0.0266. The van der Waals surface area contributed by atoms with Crippen LogP contribution in [0.15, 0.2) is 29.2 Å². The molecule has 0 saturated carbocycles. The van der Waals surface area contributed by atoms with Crippen LogP contribution in [0.2, 0.25) is 0 Å². The van der Waals surface area contributed by atoms with Crippen molar-refractivity contribution in [1.29, 1.82) is 0 Å². The van der Waals surface area contributed by atoms with Crippen LogP contribution in [0.1, 0.15) is 12.5 Å². The molecule has 8 heteroatoms. The Morgan fingerprint density at radius 3 is 2.58 bits per heavy atom. The van der Waals surface area contributed by atoms with E-state index in [0.29, 0.717) is 5.56 Å². The fraction of sp³-hybridized carbons (Fsp3) is 0.273. The molecule has 0 atom stereocenters. The van der Waals surface area contributed by atoms with Gasteiger partial charge >= 0.3 is 0 Å². The lowest BCUT2D eigenvalue weighted by Gasteiger charge is -2.11. The summed E-state index contributed by atoms with van der Waals surface area (Å²) in [5, 5.41) is 10.7. The number of halogens is 1. The number of hydrogen-bond donors (Lipinski definition) is 0. The molecule has 0 amide bonds. The lowest BCUT2D eigenvalue weighted by atomic mass is 10.2. The number of aryl methyl sites for hydroxylation is 1. The minimum atomic E-state index is -4.13. The van der Waals surface area contributed by atoms with E-state index in [2.05, 4.69) is 0 Å². The van der Waals surface area contributed by atoms with Crippen LogP contribution in [0.5, 0.6) is 5.75 Å². The summed E-state index contributed by atoms with van der Waals surface area (Å²) in [7, 11) is 1.15. The van der Waals surface area contributed by atoms with E-state index in [1.54, 1.807) is 19.1 Å². The summed E-state index contributed by atoms with van der Waals surface area (Å²) in [5.41, 5.74) is -0.0203. The minimum Gasteiger partial charge on any atom is -0.488 e. The molecule has 6 nitrogen and oxygen atoms in total. The quantitative estimate of drug-likeness (QED) is 0.361. The molecule has 0 N–H and O–H groups in total. The number of nitro groups is 1. The van der Waals surface area contributed by atoms with Crippen molar-refractivity contribution in [2.45, 2.75) is 18.7 Å². The summed E-state index contributed by atoms with van der Waals surface area (Å²) in [5.74, 6) is 0.0266. The highest BCUT2D eigenvalue weighted by molar-refractivity contribution is 8.13. The van der Waals surface area contributed by atoms with Crippen molar-refractivity contribution in [2.75, 3.05) is 6.61 Å². The summed E-state index contributed by atoms with van der Waals surface area (Å²) < 4.78 is 28.2. The van der Waals surface area contributed by atoms with Crippen LogP contribution in [0, 0.1) is 17.0 Å². The third kappa shape index (κ3) is 3.93. The third-order valence-electron chi connectivity index (χ3n) is 2.26. The normalized spacial score (nSPS) is 11.7. The summed E-state index contributed by atoms with van der Waals surface area (Å²) in [4.78, 5) is 9.64. The Labute approximate surface area is 115 Å². The maximum absolute atomic E-state index is 11.5. The van der Waals surface area contributed by atoms with E-state index in [9.17, 15) is 18.5 Å². The Morgan fingerprint density at radius 2 is 2.11 bits per heavy atom. The number of allylic oxidation sites excluding steroid dienone is 1. The molecule has 0 aliphatic rings. The van der Waals surface area contributed by atoms with E-state index in [1.807, 2.05) is 0 Å². The second kappa shape index (κ2) is 6.03. The molecule has 0 aromatic heterocycles. The van der Waals surface area contributed by atoms with E-state index < -0.39 is 18.9 Å². The van der Waals surface area contributed by atoms with Gasteiger partial charge in [0.2, 0.25) is 0 Å². The lowest BCUT2D eigenvalue weighted by molar-refractivity contribution is -0.385. The molecule has 0 aliphatic heterocycles. The number of hydrogen-bond acceptors (Lipinski definition) is 5. The molecule has 0 aliphatic carbocycles. The standard InChI is InChI=1S/C11H12ClNO5S/c1-3-4-5-18-11-8(2)6-9(13(14)15)7-10(11)19(12,16)17/h3-4,6-7H,5H2,1-2H3/b4-3+. The number of nitrogens with zero attached hydrogens (tertiary/aromatic N) is 1. The van der Waals surface area contributed by atoms with E-state index >= 15 is 0 Å². The van der Waals surface area contributed by atoms with Gasteiger partial charge in [-0.25, -0.2) is 8.42 Å². The van der Waals surface area contributed by atoms with Crippen molar-refractivity contribution in [3.05, 3.63) is 40.0 Å². The Kier molecular flexibility index (Phi) is 4.90. The van der Waals surface area contributed by atoms with E-state index in [0.717, 1.165) is 6.07 Å². The summed E-state index contributed by atoms with van der Waals surface area (Å²) in [6.45, 7) is 3.45. The van der Waals surface area contributed by atoms with Crippen molar-refractivity contribution in [3.8, 4) is 5.75 Å². The van der Waals surface area contributed by atoms with Crippen LogP contribution in [0.25, 0.3) is 0 Å². The zero-order valence-electron chi connectivity index (χ0n) is 10.3. The molecular formula is C11H12ClNO5S. The predicted molar refractivity (Wildman–Crippen MR) is 71.2 cm³/mol. The highest BCUT2D eigenvalue weighted by Gasteiger charge is 2.23. The number of rotatable bonds is 5. The first kappa shape index (κ1) is 15.5. The van der Waals surface area contributed by atoms with Gasteiger partial charge in [-0.3, -0.25) is 10.1 Å². The molecule has 1 aromatic rings. The maximum Gasteiger partial charge on any atom is 0.271 e. The Hall–Kier alpha value is -1.60. The van der Waals surface area contributed by atoms with Gasteiger partial charge in [-0.15, -0.1) is 0 Å². The van der Waals surface area contributed by atoms with Crippen LogP contribution >= 0.6 is 10.7 Å². The molecule has 0 unspecified atom stereocenters. The average molecular weight is 306 g/mol. The molecule has 1 aromatic carbocycles. The number of benzene rings is 1. The molecule has 0 spiro atoms. The SMILES string of the molecule is C/C=C/COc1c(C)cc([N+](=O)[O-])cc1S(=O)(=O)Cl. The Bertz CT molecular complexity index is 624. The van der Waals surface area contributed by atoms with Gasteiger partial charge in [0.15, 0.2) is 0 Å². The van der Waals surface area contributed by atoms with Gasteiger partial charge in [0.25, 0.3) is 14.7 Å².